The number of alkyl halides is 3. The van der Waals surface area contributed by atoms with E-state index in [9.17, 15) is 21.6 Å². The molecule has 0 saturated heterocycles. The smallest absolute Gasteiger partial charge is 0.380 e. The molecular weight excluding hydrogens is 377 g/mol. The van der Waals surface area contributed by atoms with Gasteiger partial charge in [0.1, 0.15) is 5.76 Å². The van der Waals surface area contributed by atoms with E-state index >= 15 is 0 Å². The second kappa shape index (κ2) is 6.00. The maximum absolute atomic E-state index is 12.8. The highest BCUT2D eigenvalue weighted by Crippen LogP contribution is 2.61. The molecule has 0 spiro atoms. The summed E-state index contributed by atoms with van der Waals surface area (Å²) < 4.78 is 65.9. The van der Waals surface area contributed by atoms with E-state index in [1.807, 2.05) is 6.92 Å². The average Bonchev–Trinajstić information content (AvgIpc) is 2.89. The summed E-state index contributed by atoms with van der Waals surface area (Å²) in [6.45, 7) is 3.94. The van der Waals surface area contributed by atoms with Gasteiger partial charge < -0.3 is 4.18 Å². The topological polar surface area (TPSA) is 43.4 Å². The van der Waals surface area contributed by atoms with Crippen molar-refractivity contribution >= 4 is 10.1 Å². The summed E-state index contributed by atoms with van der Waals surface area (Å²) in [7, 11) is -5.62. The highest BCUT2D eigenvalue weighted by atomic mass is 32.2. The fraction of sp³-hybridized carbons (Fsp3) is 0.600. The number of allylic oxidation sites excluding steroid dienone is 2. The highest BCUT2D eigenvalue weighted by molar-refractivity contribution is 7.87. The van der Waals surface area contributed by atoms with Crippen LogP contribution in [0.1, 0.15) is 55.2 Å². The van der Waals surface area contributed by atoms with Crippen molar-refractivity contribution in [2.24, 2.45) is 17.3 Å². The van der Waals surface area contributed by atoms with Gasteiger partial charge in [-0.1, -0.05) is 30.7 Å². The van der Waals surface area contributed by atoms with Crippen molar-refractivity contribution in [1.82, 2.24) is 0 Å². The standard InChI is InChI=1S/C20H23F3O3S/c1-12-3-5-14-13(11-12)4-6-16-15(14)9-10-19(2)17(16)7-8-18(19)26-27(24,25)20(21,22)23/h3,5,8,11,15-17H,4,6-7,9-10H2,1-2H3/t15-,16-,17+,19+/m1/s1. The summed E-state index contributed by atoms with van der Waals surface area (Å²) in [6.07, 6.45) is 5.55. The maximum atomic E-state index is 12.8. The minimum atomic E-state index is -5.62. The summed E-state index contributed by atoms with van der Waals surface area (Å²) in [5.74, 6) is 0.825. The molecule has 1 aromatic carbocycles. The monoisotopic (exact) mass is 400 g/mol. The van der Waals surface area contributed by atoms with Crippen LogP contribution in [0, 0.1) is 24.2 Å². The van der Waals surface area contributed by atoms with Gasteiger partial charge in [0.15, 0.2) is 0 Å². The van der Waals surface area contributed by atoms with E-state index in [4.69, 9.17) is 0 Å². The Balaban J connectivity index is 1.61. The number of aryl methyl sites for hydroxylation is 2. The molecule has 0 unspecified atom stereocenters. The summed E-state index contributed by atoms with van der Waals surface area (Å²) in [5.41, 5.74) is -2.08. The molecule has 0 aliphatic heterocycles. The Bertz CT molecular complexity index is 904. The van der Waals surface area contributed by atoms with Gasteiger partial charge in [0.25, 0.3) is 0 Å². The molecule has 0 radical (unpaired) electrons. The average molecular weight is 400 g/mol. The molecule has 0 bridgehead atoms. The molecule has 1 saturated carbocycles. The molecule has 0 N–H and O–H groups in total. The molecule has 4 atom stereocenters. The van der Waals surface area contributed by atoms with Gasteiger partial charge in [0.2, 0.25) is 0 Å². The molecule has 0 heterocycles. The zero-order chi connectivity index (χ0) is 19.6. The van der Waals surface area contributed by atoms with Crippen molar-refractivity contribution in [2.75, 3.05) is 0 Å². The SMILES string of the molecule is Cc1ccc2c(c1)CC[C@@H]1[C@@H]2CC[C@]2(C)C(OS(=O)(=O)C(F)(F)F)=CC[C@@H]12. The minimum absolute atomic E-state index is 0.0158. The first-order valence-electron chi connectivity index (χ1n) is 9.34. The van der Waals surface area contributed by atoms with Gasteiger partial charge in [0.05, 0.1) is 0 Å². The lowest BCUT2D eigenvalue weighted by Crippen LogP contribution is -2.42. The minimum Gasteiger partial charge on any atom is -0.380 e. The highest BCUT2D eigenvalue weighted by Gasteiger charge is 2.56. The first-order valence-corrected chi connectivity index (χ1v) is 10.7. The number of halogens is 3. The number of benzene rings is 1. The quantitative estimate of drug-likeness (QED) is 0.506. The Kier molecular flexibility index (Phi) is 4.19. The lowest BCUT2D eigenvalue weighted by Gasteiger charge is -2.49. The van der Waals surface area contributed by atoms with Crippen LogP contribution in [0.5, 0.6) is 0 Å². The van der Waals surface area contributed by atoms with E-state index < -0.39 is 21.0 Å². The van der Waals surface area contributed by atoms with Crippen molar-refractivity contribution in [3.05, 3.63) is 46.7 Å². The first kappa shape index (κ1) is 18.8. The predicted octanol–water partition coefficient (Wildman–Crippen LogP) is 5.21. The third-order valence-corrected chi connectivity index (χ3v) is 7.84. The van der Waals surface area contributed by atoms with Crippen molar-refractivity contribution < 1.29 is 25.8 Å². The first-order chi connectivity index (χ1) is 12.5. The van der Waals surface area contributed by atoms with Gasteiger partial charge in [-0.15, -0.1) is 0 Å². The molecule has 7 heteroatoms. The van der Waals surface area contributed by atoms with Crippen LogP contribution >= 0.6 is 0 Å². The number of rotatable bonds is 2. The second-order valence-corrected chi connectivity index (χ2v) is 9.90. The summed E-state index contributed by atoms with van der Waals surface area (Å²) in [6, 6.07) is 6.54. The normalized spacial score (nSPS) is 32.9. The predicted molar refractivity (Wildman–Crippen MR) is 95.3 cm³/mol. The molecule has 3 aliphatic carbocycles. The van der Waals surface area contributed by atoms with Crippen LogP contribution in [0.4, 0.5) is 13.2 Å². The third kappa shape index (κ3) is 2.89. The van der Waals surface area contributed by atoms with Gasteiger partial charge in [-0.25, -0.2) is 0 Å². The fourth-order valence-corrected chi connectivity index (χ4v) is 6.12. The molecule has 1 fully saturated rings. The van der Waals surface area contributed by atoms with Crippen molar-refractivity contribution in [3.63, 3.8) is 0 Å². The van der Waals surface area contributed by atoms with E-state index in [0.717, 1.165) is 19.3 Å². The third-order valence-electron chi connectivity index (χ3n) is 6.87. The van der Waals surface area contributed by atoms with Crippen molar-refractivity contribution in [3.8, 4) is 0 Å². The van der Waals surface area contributed by atoms with Crippen LogP contribution in [0.15, 0.2) is 30.0 Å². The molecule has 0 amide bonds. The summed E-state index contributed by atoms with van der Waals surface area (Å²) in [5, 5.41) is 0. The summed E-state index contributed by atoms with van der Waals surface area (Å²) in [4.78, 5) is 0. The van der Waals surface area contributed by atoms with Crippen LogP contribution in [0.25, 0.3) is 0 Å². The molecule has 4 rings (SSSR count). The van der Waals surface area contributed by atoms with E-state index in [2.05, 4.69) is 29.3 Å². The van der Waals surface area contributed by atoms with Crippen LogP contribution in [-0.4, -0.2) is 13.9 Å². The number of hydrogen-bond donors (Lipinski definition) is 0. The van der Waals surface area contributed by atoms with E-state index in [1.54, 1.807) is 6.08 Å². The Morgan fingerprint density at radius 1 is 1.22 bits per heavy atom. The molecule has 3 aliphatic rings. The van der Waals surface area contributed by atoms with Gasteiger partial charge >= 0.3 is 15.6 Å². The zero-order valence-corrected chi connectivity index (χ0v) is 16.2. The fourth-order valence-electron chi connectivity index (χ4n) is 5.53. The van der Waals surface area contributed by atoms with Gasteiger partial charge in [-0.3, -0.25) is 0 Å². The maximum Gasteiger partial charge on any atom is 0.534 e. The molecule has 27 heavy (non-hydrogen) atoms. The number of fused-ring (bicyclic) bond motifs is 5. The van der Waals surface area contributed by atoms with E-state index in [1.165, 1.54) is 16.7 Å². The lowest BCUT2D eigenvalue weighted by atomic mass is 9.55. The van der Waals surface area contributed by atoms with Gasteiger partial charge in [0, 0.05) is 5.41 Å². The van der Waals surface area contributed by atoms with Crippen LogP contribution in [0.2, 0.25) is 0 Å². The summed E-state index contributed by atoms with van der Waals surface area (Å²) >= 11 is 0. The molecular formula is C20H23F3O3S. The Morgan fingerprint density at radius 2 is 1.96 bits per heavy atom. The molecule has 0 aromatic heterocycles. The van der Waals surface area contributed by atoms with Crippen molar-refractivity contribution in [2.45, 2.75) is 57.4 Å². The van der Waals surface area contributed by atoms with Crippen LogP contribution in [-0.2, 0) is 20.7 Å². The van der Waals surface area contributed by atoms with Crippen LogP contribution in [0.3, 0.4) is 0 Å². The van der Waals surface area contributed by atoms with E-state index in [0.29, 0.717) is 24.7 Å². The largest absolute Gasteiger partial charge is 0.534 e. The Labute approximate surface area is 157 Å². The lowest BCUT2D eigenvalue weighted by molar-refractivity contribution is -0.0544. The van der Waals surface area contributed by atoms with E-state index in [-0.39, 0.29) is 11.7 Å². The molecule has 3 nitrogen and oxygen atoms in total. The Hall–Kier alpha value is -1.50. The Morgan fingerprint density at radius 3 is 2.67 bits per heavy atom. The van der Waals surface area contributed by atoms with Crippen molar-refractivity contribution in [1.29, 1.82) is 0 Å². The molecule has 1 aromatic rings. The zero-order valence-electron chi connectivity index (χ0n) is 15.3. The van der Waals surface area contributed by atoms with Gasteiger partial charge in [-0.2, -0.15) is 21.6 Å². The van der Waals surface area contributed by atoms with Gasteiger partial charge in [-0.05, 0) is 74.0 Å². The second-order valence-electron chi connectivity index (χ2n) is 8.36. The molecule has 148 valence electrons. The van der Waals surface area contributed by atoms with Crippen LogP contribution < -0.4 is 0 Å². The number of hydrogen-bond acceptors (Lipinski definition) is 3.